The van der Waals surface area contributed by atoms with Crippen LogP contribution in [0, 0.1) is 11.6 Å². The van der Waals surface area contributed by atoms with E-state index in [0.29, 0.717) is 0 Å². The highest BCUT2D eigenvalue weighted by Crippen LogP contribution is 2.18. The summed E-state index contributed by atoms with van der Waals surface area (Å²) in [4.78, 5) is 42.7. The highest BCUT2D eigenvalue weighted by Gasteiger charge is 2.15. The number of nitrogens with one attached hydrogen (secondary N) is 3. The van der Waals surface area contributed by atoms with Crippen molar-refractivity contribution >= 4 is 40.8 Å². The molecular weight excluding hydrogens is 416 g/mol. The zero-order chi connectivity index (χ0) is 21.7. The van der Waals surface area contributed by atoms with Crippen molar-refractivity contribution in [2.24, 2.45) is 0 Å². The van der Waals surface area contributed by atoms with Gasteiger partial charge >= 0.3 is 0 Å². The molecule has 0 unspecified atom stereocenters. The molecular formula is C19H15F2N5O3S. The number of nitrogens with zero attached hydrogens (tertiary/aromatic N) is 1. The third-order valence-electron chi connectivity index (χ3n) is 3.76. The summed E-state index contributed by atoms with van der Waals surface area (Å²) in [6.07, 6.45) is 0. The van der Waals surface area contributed by atoms with E-state index in [1.54, 1.807) is 6.07 Å². The van der Waals surface area contributed by atoms with Gasteiger partial charge in [-0.2, -0.15) is 0 Å². The van der Waals surface area contributed by atoms with Gasteiger partial charge in [-0.25, -0.2) is 13.8 Å². The van der Waals surface area contributed by atoms with E-state index in [-0.39, 0.29) is 33.7 Å². The Morgan fingerprint density at radius 2 is 1.77 bits per heavy atom. The van der Waals surface area contributed by atoms with Crippen molar-refractivity contribution < 1.29 is 18.4 Å². The standard InChI is InChI=1S/C19H15F2N5O3S/c20-11-7-5-10(6-8-11)17(28)24-15-16(22)25-19(26-18(15)29)30-9-14(27)23-13-4-2-1-3-12(13)21/h1-8H,9H2,(H,23,27)(H,24,28)(H3,22,25,26,29). The molecule has 0 atom stereocenters. The minimum absolute atomic E-state index is 0.0305. The zero-order valence-corrected chi connectivity index (χ0v) is 16.1. The number of rotatable bonds is 6. The molecule has 154 valence electrons. The fourth-order valence-electron chi connectivity index (χ4n) is 2.33. The first-order chi connectivity index (χ1) is 14.3. The first-order valence-corrected chi connectivity index (χ1v) is 9.46. The molecule has 2 aromatic carbocycles. The van der Waals surface area contributed by atoms with Crippen molar-refractivity contribution in [3.63, 3.8) is 0 Å². The average molecular weight is 431 g/mol. The summed E-state index contributed by atoms with van der Waals surface area (Å²) in [6, 6.07) is 10.4. The van der Waals surface area contributed by atoms with Gasteiger partial charge in [-0.3, -0.25) is 19.4 Å². The lowest BCUT2D eigenvalue weighted by molar-refractivity contribution is -0.113. The van der Waals surface area contributed by atoms with E-state index in [1.165, 1.54) is 30.3 Å². The molecule has 0 aliphatic rings. The van der Waals surface area contributed by atoms with Crippen LogP contribution >= 0.6 is 11.8 Å². The minimum Gasteiger partial charge on any atom is -0.382 e. The molecule has 5 N–H and O–H groups in total. The number of nitrogens with two attached hydrogens (primary N) is 1. The van der Waals surface area contributed by atoms with Crippen LogP contribution in [0.15, 0.2) is 58.5 Å². The van der Waals surface area contributed by atoms with E-state index in [0.717, 1.165) is 23.9 Å². The van der Waals surface area contributed by atoms with E-state index in [2.05, 4.69) is 20.6 Å². The summed E-state index contributed by atoms with van der Waals surface area (Å²) < 4.78 is 26.5. The molecule has 0 fully saturated rings. The number of carbonyl (C=O) groups is 2. The van der Waals surface area contributed by atoms with Crippen molar-refractivity contribution in [2.45, 2.75) is 5.16 Å². The Hall–Kier alpha value is -3.73. The molecule has 0 aliphatic carbocycles. The zero-order valence-electron chi connectivity index (χ0n) is 15.2. The second-order valence-electron chi connectivity index (χ2n) is 5.91. The second-order valence-corrected chi connectivity index (χ2v) is 6.87. The lowest BCUT2D eigenvalue weighted by atomic mass is 10.2. The Kier molecular flexibility index (Phi) is 6.42. The van der Waals surface area contributed by atoms with Gasteiger partial charge in [-0.15, -0.1) is 0 Å². The number of aromatic amines is 1. The van der Waals surface area contributed by atoms with E-state index in [4.69, 9.17) is 5.73 Å². The number of halogens is 2. The van der Waals surface area contributed by atoms with Crippen molar-refractivity contribution in [1.82, 2.24) is 9.97 Å². The van der Waals surface area contributed by atoms with Crippen molar-refractivity contribution in [3.8, 4) is 0 Å². The third kappa shape index (κ3) is 5.20. The van der Waals surface area contributed by atoms with Crippen LogP contribution in [0.1, 0.15) is 10.4 Å². The van der Waals surface area contributed by atoms with Gasteiger partial charge in [0.15, 0.2) is 11.0 Å². The smallest absolute Gasteiger partial charge is 0.277 e. The average Bonchev–Trinajstić information content (AvgIpc) is 2.71. The van der Waals surface area contributed by atoms with E-state index < -0.39 is 29.0 Å². The van der Waals surface area contributed by atoms with Gasteiger partial charge in [0.25, 0.3) is 11.5 Å². The number of benzene rings is 2. The Morgan fingerprint density at radius 3 is 2.43 bits per heavy atom. The fraction of sp³-hybridized carbons (Fsp3) is 0.0526. The number of thioether (sulfide) groups is 1. The Balaban J connectivity index is 1.65. The molecule has 2 amide bonds. The van der Waals surface area contributed by atoms with Gasteiger partial charge in [0, 0.05) is 5.56 Å². The molecule has 8 nitrogen and oxygen atoms in total. The number of carbonyl (C=O) groups excluding carboxylic acids is 2. The molecule has 0 saturated heterocycles. The molecule has 3 aromatic rings. The monoisotopic (exact) mass is 431 g/mol. The highest BCUT2D eigenvalue weighted by molar-refractivity contribution is 7.99. The van der Waals surface area contributed by atoms with Gasteiger partial charge in [0.05, 0.1) is 11.4 Å². The summed E-state index contributed by atoms with van der Waals surface area (Å²) in [5.41, 5.74) is 4.91. The topological polar surface area (TPSA) is 130 Å². The number of hydrogen-bond acceptors (Lipinski definition) is 6. The first-order valence-electron chi connectivity index (χ1n) is 8.47. The van der Waals surface area contributed by atoms with Gasteiger partial charge < -0.3 is 16.4 Å². The second kappa shape index (κ2) is 9.18. The molecule has 1 heterocycles. The Bertz CT molecular complexity index is 1150. The summed E-state index contributed by atoms with van der Waals surface area (Å²) >= 11 is 0.872. The summed E-state index contributed by atoms with van der Waals surface area (Å²) in [7, 11) is 0. The quantitative estimate of drug-likeness (QED) is 0.351. The lowest BCUT2D eigenvalue weighted by Crippen LogP contribution is -2.23. The summed E-state index contributed by atoms with van der Waals surface area (Å²) in [5.74, 6) is -2.69. The normalized spacial score (nSPS) is 10.5. The maximum atomic E-state index is 13.6. The van der Waals surface area contributed by atoms with Crippen LogP contribution in [0.5, 0.6) is 0 Å². The van der Waals surface area contributed by atoms with Crippen molar-refractivity contribution in [3.05, 3.63) is 76.1 Å². The fourth-order valence-corrected chi connectivity index (χ4v) is 3.00. The van der Waals surface area contributed by atoms with Gasteiger partial charge in [-0.1, -0.05) is 23.9 Å². The third-order valence-corrected chi connectivity index (χ3v) is 4.63. The minimum atomic E-state index is -0.727. The molecule has 11 heteroatoms. The number of H-pyrrole nitrogens is 1. The van der Waals surface area contributed by atoms with E-state index >= 15 is 0 Å². The predicted octanol–water partition coefficient (Wildman–Crippen LogP) is 2.61. The Morgan fingerprint density at radius 1 is 1.07 bits per heavy atom. The van der Waals surface area contributed by atoms with E-state index in [9.17, 15) is 23.2 Å². The number of aromatic nitrogens is 2. The molecule has 1 aromatic heterocycles. The van der Waals surface area contributed by atoms with Crippen LogP contribution in [0.3, 0.4) is 0 Å². The predicted molar refractivity (Wildman–Crippen MR) is 109 cm³/mol. The number of para-hydroxylation sites is 1. The molecule has 0 aliphatic heterocycles. The molecule has 0 radical (unpaired) electrons. The summed E-state index contributed by atoms with van der Waals surface area (Å²) in [5, 5.41) is 4.76. The molecule has 30 heavy (non-hydrogen) atoms. The van der Waals surface area contributed by atoms with Crippen molar-refractivity contribution in [2.75, 3.05) is 22.1 Å². The van der Waals surface area contributed by atoms with Crippen LogP contribution in [-0.4, -0.2) is 27.5 Å². The summed E-state index contributed by atoms with van der Waals surface area (Å²) in [6.45, 7) is 0. The van der Waals surface area contributed by atoms with E-state index in [1.807, 2.05) is 0 Å². The van der Waals surface area contributed by atoms with Crippen LogP contribution in [0.2, 0.25) is 0 Å². The van der Waals surface area contributed by atoms with Gasteiger partial charge in [0.2, 0.25) is 5.91 Å². The Labute approximate surface area is 172 Å². The number of anilines is 3. The van der Waals surface area contributed by atoms with Gasteiger partial charge in [-0.05, 0) is 36.4 Å². The number of hydrogen-bond donors (Lipinski definition) is 4. The number of nitrogen functional groups attached to an aromatic ring is 1. The maximum absolute atomic E-state index is 13.6. The molecule has 0 spiro atoms. The van der Waals surface area contributed by atoms with Crippen LogP contribution in [-0.2, 0) is 4.79 Å². The first kappa shape index (κ1) is 21.0. The molecule has 0 saturated carbocycles. The van der Waals surface area contributed by atoms with Crippen LogP contribution < -0.4 is 21.9 Å². The van der Waals surface area contributed by atoms with Crippen LogP contribution in [0.4, 0.5) is 26.0 Å². The maximum Gasteiger partial charge on any atom is 0.277 e. The largest absolute Gasteiger partial charge is 0.382 e. The van der Waals surface area contributed by atoms with Crippen molar-refractivity contribution in [1.29, 1.82) is 0 Å². The SMILES string of the molecule is Nc1nc(SCC(=O)Nc2ccccc2F)[nH]c(=O)c1NC(=O)c1ccc(F)cc1. The number of amides is 2. The highest BCUT2D eigenvalue weighted by atomic mass is 32.2. The lowest BCUT2D eigenvalue weighted by Gasteiger charge is -2.09. The van der Waals surface area contributed by atoms with Gasteiger partial charge in [0.1, 0.15) is 17.3 Å². The molecule has 3 rings (SSSR count). The van der Waals surface area contributed by atoms with Crippen LogP contribution in [0.25, 0.3) is 0 Å². The molecule has 0 bridgehead atoms.